The van der Waals surface area contributed by atoms with E-state index in [9.17, 15) is 0 Å². The maximum atomic E-state index is 4.18. The van der Waals surface area contributed by atoms with Crippen molar-refractivity contribution in [1.82, 2.24) is 4.98 Å². The molecule has 0 atom stereocenters. The third-order valence-electron chi connectivity index (χ3n) is 1.61. The summed E-state index contributed by atoms with van der Waals surface area (Å²) in [5.41, 5.74) is 1.83. The number of hydrogen-bond donors (Lipinski definition) is 0. The van der Waals surface area contributed by atoms with E-state index in [4.69, 9.17) is 0 Å². The lowest BCUT2D eigenvalue weighted by molar-refractivity contribution is 1.16. The molecule has 0 N–H and O–H groups in total. The van der Waals surface area contributed by atoms with Gasteiger partial charge < -0.3 is 0 Å². The first-order valence-corrected chi connectivity index (χ1v) is 5.11. The Bertz CT molecular complexity index is 434. The molecular weight excluding hydrogens is 194 g/mol. The molecule has 14 heavy (non-hydrogen) atoms. The first-order chi connectivity index (χ1) is 6.84. The fraction of sp³-hybridized carbons (Fsp3) is 0.100. The Balaban J connectivity index is 2.15. The molecule has 0 fully saturated rings. The lowest BCUT2D eigenvalue weighted by atomic mass is 10.3. The molecule has 0 aliphatic carbocycles. The van der Waals surface area contributed by atoms with E-state index < -0.39 is 0 Å². The van der Waals surface area contributed by atoms with Crippen LogP contribution in [0.25, 0.3) is 0 Å². The first-order valence-electron chi connectivity index (χ1n) is 4.23. The number of hydrogen-bond acceptors (Lipinski definition) is 4. The normalized spacial score (nSPS) is 10.9. The molecule has 70 valence electrons. The molecule has 0 radical (unpaired) electrons. The number of benzene rings is 1. The molecule has 2 aromatic rings. The predicted octanol–water partition coefficient (Wildman–Crippen LogP) is 3.87. The molecule has 0 saturated carbocycles. The SMILES string of the molecule is Cc1csc(N=Nc2ccccc2)n1. The van der Waals surface area contributed by atoms with Gasteiger partial charge in [-0.1, -0.05) is 18.2 Å². The number of nitrogens with zero attached hydrogens (tertiary/aromatic N) is 3. The largest absolute Gasteiger partial charge is 0.230 e. The minimum atomic E-state index is 0.700. The van der Waals surface area contributed by atoms with Crippen molar-refractivity contribution in [3.05, 3.63) is 41.4 Å². The Hall–Kier alpha value is -1.55. The molecule has 0 unspecified atom stereocenters. The van der Waals surface area contributed by atoms with Gasteiger partial charge in [0.2, 0.25) is 5.13 Å². The number of aryl methyl sites for hydroxylation is 1. The second kappa shape index (κ2) is 4.11. The van der Waals surface area contributed by atoms with Crippen molar-refractivity contribution in [1.29, 1.82) is 0 Å². The molecule has 1 heterocycles. The summed E-state index contributed by atoms with van der Waals surface area (Å²) in [7, 11) is 0. The van der Waals surface area contributed by atoms with E-state index >= 15 is 0 Å². The highest BCUT2D eigenvalue weighted by Crippen LogP contribution is 2.21. The average molecular weight is 203 g/mol. The fourth-order valence-corrected chi connectivity index (χ4v) is 1.60. The van der Waals surface area contributed by atoms with Gasteiger partial charge in [-0.05, 0) is 19.1 Å². The highest BCUT2D eigenvalue weighted by Gasteiger charge is 1.94. The van der Waals surface area contributed by atoms with Crippen LogP contribution in [0.3, 0.4) is 0 Å². The molecule has 0 amide bonds. The highest BCUT2D eigenvalue weighted by molar-refractivity contribution is 7.13. The summed E-state index contributed by atoms with van der Waals surface area (Å²) in [6.45, 7) is 1.94. The molecule has 0 spiro atoms. The fourth-order valence-electron chi connectivity index (χ4n) is 0.983. The van der Waals surface area contributed by atoms with Gasteiger partial charge >= 0.3 is 0 Å². The monoisotopic (exact) mass is 203 g/mol. The van der Waals surface area contributed by atoms with Crippen LogP contribution in [0.15, 0.2) is 45.9 Å². The van der Waals surface area contributed by atoms with Crippen LogP contribution < -0.4 is 0 Å². The van der Waals surface area contributed by atoms with Gasteiger partial charge in [0, 0.05) is 5.38 Å². The van der Waals surface area contributed by atoms with Gasteiger partial charge in [-0.3, -0.25) is 0 Å². The Morgan fingerprint density at radius 1 is 1.14 bits per heavy atom. The summed E-state index contributed by atoms with van der Waals surface area (Å²) in [6.07, 6.45) is 0. The summed E-state index contributed by atoms with van der Waals surface area (Å²) in [5, 5.41) is 10.8. The number of thiazole rings is 1. The third kappa shape index (κ3) is 2.23. The second-order valence-electron chi connectivity index (χ2n) is 2.81. The topological polar surface area (TPSA) is 37.6 Å². The smallest absolute Gasteiger partial charge is 0.222 e. The van der Waals surface area contributed by atoms with Crippen molar-refractivity contribution < 1.29 is 0 Å². The lowest BCUT2D eigenvalue weighted by Gasteiger charge is -1.87. The van der Waals surface area contributed by atoms with Gasteiger partial charge in [-0.15, -0.1) is 21.6 Å². The van der Waals surface area contributed by atoms with Crippen LogP contribution in [-0.2, 0) is 0 Å². The zero-order chi connectivity index (χ0) is 9.80. The molecular formula is C10H9N3S. The highest BCUT2D eigenvalue weighted by atomic mass is 32.1. The van der Waals surface area contributed by atoms with Gasteiger partial charge in [0.25, 0.3) is 0 Å². The minimum Gasteiger partial charge on any atom is -0.222 e. The first kappa shape index (κ1) is 9.02. The Labute approximate surface area is 86.2 Å². The van der Waals surface area contributed by atoms with E-state index in [1.165, 1.54) is 11.3 Å². The quantitative estimate of drug-likeness (QED) is 0.683. The van der Waals surface area contributed by atoms with Crippen LogP contribution in [0, 0.1) is 6.92 Å². The summed E-state index contributed by atoms with van der Waals surface area (Å²) in [4.78, 5) is 4.18. The standard InChI is InChI=1S/C10H9N3S/c1-8-7-14-10(11-8)13-12-9-5-3-2-4-6-9/h2-7H,1H3. The molecule has 2 rings (SSSR count). The van der Waals surface area contributed by atoms with Crippen molar-refractivity contribution in [3.63, 3.8) is 0 Å². The minimum absolute atomic E-state index is 0.700. The van der Waals surface area contributed by atoms with Crippen LogP contribution >= 0.6 is 11.3 Å². The molecule has 4 heteroatoms. The molecule has 1 aromatic heterocycles. The predicted molar refractivity (Wildman–Crippen MR) is 57.5 cm³/mol. The van der Waals surface area contributed by atoms with E-state index in [1.54, 1.807) is 0 Å². The summed E-state index contributed by atoms with van der Waals surface area (Å²) in [5.74, 6) is 0. The van der Waals surface area contributed by atoms with Crippen molar-refractivity contribution in [2.45, 2.75) is 6.92 Å². The van der Waals surface area contributed by atoms with Crippen molar-refractivity contribution in [2.75, 3.05) is 0 Å². The third-order valence-corrected chi connectivity index (χ3v) is 2.46. The number of aromatic nitrogens is 1. The lowest BCUT2D eigenvalue weighted by Crippen LogP contribution is -1.65. The van der Waals surface area contributed by atoms with E-state index in [2.05, 4.69) is 15.2 Å². The summed E-state index contributed by atoms with van der Waals surface area (Å²) in [6, 6.07) is 9.63. The van der Waals surface area contributed by atoms with E-state index in [1.807, 2.05) is 42.6 Å². The average Bonchev–Trinajstić information content (AvgIpc) is 2.63. The summed E-state index contributed by atoms with van der Waals surface area (Å²) >= 11 is 1.50. The Kier molecular flexibility index (Phi) is 2.65. The van der Waals surface area contributed by atoms with Crippen LogP contribution in [0.4, 0.5) is 10.8 Å². The van der Waals surface area contributed by atoms with E-state index in [-0.39, 0.29) is 0 Å². The summed E-state index contributed by atoms with van der Waals surface area (Å²) < 4.78 is 0. The van der Waals surface area contributed by atoms with Crippen LogP contribution in [0.2, 0.25) is 0 Å². The number of azo groups is 1. The van der Waals surface area contributed by atoms with Gasteiger partial charge in [0.15, 0.2) is 0 Å². The van der Waals surface area contributed by atoms with Crippen molar-refractivity contribution in [3.8, 4) is 0 Å². The zero-order valence-corrected chi connectivity index (χ0v) is 8.53. The zero-order valence-electron chi connectivity index (χ0n) is 7.71. The molecule has 3 nitrogen and oxygen atoms in total. The van der Waals surface area contributed by atoms with Crippen molar-refractivity contribution in [2.24, 2.45) is 10.2 Å². The van der Waals surface area contributed by atoms with Crippen molar-refractivity contribution >= 4 is 22.2 Å². The van der Waals surface area contributed by atoms with E-state index in [0.717, 1.165) is 11.4 Å². The molecule has 0 aliphatic heterocycles. The Morgan fingerprint density at radius 2 is 1.93 bits per heavy atom. The van der Waals surface area contributed by atoms with Gasteiger partial charge in [-0.2, -0.15) is 0 Å². The van der Waals surface area contributed by atoms with Crippen LogP contribution in [-0.4, -0.2) is 4.98 Å². The van der Waals surface area contributed by atoms with Crippen LogP contribution in [0.1, 0.15) is 5.69 Å². The van der Waals surface area contributed by atoms with Gasteiger partial charge in [0.05, 0.1) is 11.4 Å². The number of rotatable bonds is 2. The molecule has 0 aliphatic rings. The van der Waals surface area contributed by atoms with Crippen LogP contribution in [0.5, 0.6) is 0 Å². The molecule has 0 bridgehead atoms. The maximum Gasteiger partial charge on any atom is 0.230 e. The van der Waals surface area contributed by atoms with Gasteiger partial charge in [-0.25, -0.2) is 4.98 Å². The second-order valence-corrected chi connectivity index (χ2v) is 3.64. The maximum absolute atomic E-state index is 4.18. The Morgan fingerprint density at radius 3 is 2.57 bits per heavy atom. The van der Waals surface area contributed by atoms with Gasteiger partial charge in [0.1, 0.15) is 0 Å². The molecule has 1 aromatic carbocycles. The van der Waals surface area contributed by atoms with E-state index in [0.29, 0.717) is 5.13 Å². The molecule has 0 saturated heterocycles.